The predicted molar refractivity (Wildman–Crippen MR) is 59.9 cm³/mol. The van der Waals surface area contributed by atoms with Gasteiger partial charge >= 0.3 is 93.4 Å². The zero-order chi connectivity index (χ0) is 11.4. The van der Waals surface area contributed by atoms with Crippen LogP contribution in [0.3, 0.4) is 0 Å². The normalized spacial score (nSPS) is 14.5. The molecule has 0 bridgehead atoms. The van der Waals surface area contributed by atoms with Crippen molar-refractivity contribution in [2.24, 2.45) is 0 Å². The summed E-state index contributed by atoms with van der Waals surface area (Å²) in [6.07, 6.45) is 0. The fraction of sp³-hybridized carbons (Fsp3) is 0.400. The molecule has 1 aromatic carbocycles. The first-order chi connectivity index (χ1) is 7.17. The van der Waals surface area contributed by atoms with E-state index in [0.29, 0.717) is 0 Å². The Morgan fingerprint density at radius 2 is 1.13 bits per heavy atom. The Morgan fingerprint density at radius 1 is 0.733 bits per heavy atom. The van der Waals surface area contributed by atoms with Crippen LogP contribution < -0.4 is 3.51 Å². The standard InChI is InChI=1S/C6H5.4CH3O.Sb/c1-2-4-6-5-3-1;4*1-2;/h1-5H;4*1H3;/q;4*-1;+4. The fourth-order valence-corrected chi connectivity index (χ4v) is 8.38. The third-order valence-corrected chi connectivity index (χ3v) is 12.9. The van der Waals surface area contributed by atoms with Gasteiger partial charge in [0.25, 0.3) is 0 Å². The minimum atomic E-state index is -4.47. The summed E-state index contributed by atoms with van der Waals surface area (Å²) >= 11 is -4.47. The second-order valence-corrected chi connectivity index (χ2v) is 13.2. The van der Waals surface area contributed by atoms with Crippen molar-refractivity contribution >= 4 is 22.6 Å². The molecular weight excluding hydrogens is 306 g/mol. The van der Waals surface area contributed by atoms with Gasteiger partial charge in [-0.25, -0.2) is 0 Å². The number of hydrogen-bond acceptors (Lipinski definition) is 4. The van der Waals surface area contributed by atoms with Crippen LogP contribution >= 0.6 is 0 Å². The molecule has 1 rings (SSSR count). The summed E-state index contributed by atoms with van der Waals surface area (Å²) in [4.78, 5) is 0. The van der Waals surface area contributed by atoms with Gasteiger partial charge in [0, 0.05) is 0 Å². The monoisotopic (exact) mass is 322 g/mol. The Kier molecular flexibility index (Phi) is 4.15. The molecule has 0 aromatic heterocycles. The van der Waals surface area contributed by atoms with Crippen LogP contribution in [-0.2, 0) is 12.1 Å². The molecule has 0 heterocycles. The van der Waals surface area contributed by atoms with Crippen LogP contribution in [0.5, 0.6) is 0 Å². The molecule has 0 saturated heterocycles. The second-order valence-electron chi connectivity index (χ2n) is 2.88. The molecule has 5 heteroatoms. The third kappa shape index (κ3) is 1.93. The van der Waals surface area contributed by atoms with Crippen molar-refractivity contribution in [2.75, 3.05) is 28.4 Å². The van der Waals surface area contributed by atoms with Crippen LogP contribution in [0.25, 0.3) is 0 Å². The van der Waals surface area contributed by atoms with Crippen molar-refractivity contribution in [3.63, 3.8) is 0 Å². The maximum absolute atomic E-state index is 5.49. The van der Waals surface area contributed by atoms with Crippen LogP contribution in [0, 0.1) is 0 Å². The first kappa shape index (κ1) is 12.9. The molecule has 15 heavy (non-hydrogen) atoms. The van der Waals surface area contributed by atoms with Crippen LogP contribution in [-0.4, -0.2) is 47.5 Å². The van der Waals surface area contributed by atoms with Gasteiger partial charge in [0.05, 0.1) is 0 Å². The van der Waals surface area contributed by atoms with Crippen molar-refractivity contribution in [3.8, 4) is 0 Å². The van der Waals surface area contributed by atoms with Crippen molar-refractivity contribution in [1.29, 1.82) is 0 Å². The van der Waals surface area contributed by atoms with Crippen molar-refractivity contribution in [1.82, 2.24) is 0 Å². The van der Waals surface area contributed by atoms with Gasteiger partial charge in [-0.1, -0.05) is 0 Å². The number of rotatable bonds is 5. The first-order valence-corrected chi connectivity index (χ1v) is 9.94. The SMILES string of the molecule is C[O][Sb]([O]C)([O]C)([O]C)[c]1ccccc1. The molecule has 1 aromatic rings. The molecule has 0 spiro atoms. The zero-order valence-corrected chi connectivity index (χ0v) is 12.0. The van der Waals surface area contributed by atoms with Crippen molar-refractivity contribution in [3.05, 3.63) is 30.3 Å². The molecule has 0 saturated carbocycles. The molecule has 86 valence electrons. The zero-order valence-electron chi connectivity index (χ0n) is 9.47. The van der Waals surface area contributed by atoms with Crippen molar-refractivity contribution in [2.45, 2.75) is 0 Å². The number of benzene rings is 1. The van der Waals surface area contributed by atoms with Gasteiger partial charge in [-0.05, 0) is 0 Å². The molecule has 0 aliphatic heterocycles. The van der Waals surface area contributed by atoms with E-state index in [1.165, 1.54) is 0 Å². The first-order valence-electron chi connectivity index (χ1n) is 4.50. The quantitative estimate of drug-likeness (QED) is 0.754. The Labute approximate surface area is 93.4 Å². The molecule has 0 atom stereocenters. The van der Waals surface area contributed by atoms with E-state index in [-0.39, 0.29) is 0 Å². The summed E-state index contributed by atoms with van der Waals surface area (Å²) in [5, 5.41) is 0. The van der Waals surface area contributed by atoms with Gasteiger partial charge in [-0.15, -0.1) is 0 Å². The van der Waals surface area contributed by atoms with Gasteiger partial charge < -0.3 is 0 Å². The van der Waals surface area contributed by atoms with Crippen LogP contribution in [0.2, 0.25) is 0 Å². The van der Waals surface area contributed by atoms with Crippen LogP contribution in [0.15, 0.2) is 30.3 Å². The Balaban J connectivity index is 3.34. The molecule has 0 aliphatic rings. The molecule has 0 fully saturated rings. The summed E-state index contributed by atoms with van der Waals surface area (Å²) < 4.78 is 22.8. The van der Waals surface area contributed by atoms with E-state index in [1.54, 1.807) is 28.4 Å². The van der Waals surface area contributed by atoms with E-state index >= 15 is 0 Å². The molecule has 0 amide bonds. The molecule has 0 radical (unpaired) electrons. The average Bonchev–Trinajstić information content (AvgIpc) is 2.35. The van der Waals surface area contributed by atoms with Gasteiger partial charge in [0.2, 0.25) is 0 Å². The summed E-state index contributed by atoms with van der Waals surface area (Å²) in [6, 6.07) is 9.50. The van der Waals surface area contributed by atoms with Crippen molar-refractivity contribution < 1.29 is 12.1 Å². The van der Waals surface area contributed by atoms with Gasteiger partial charge in [0.15, 0.2) is 0 Å². The fourth-order valence-electron chi connectivity index (χ4n) is 1.54. The van der Waals surface area contributed by atoms with E-state index in [0.717, 1.165) is 3.51 Å². The predicted octanol–water partition coefficient (Wildman–Crippen LogP) is 0.869. The topological polar surface area (TPSA) is 36.9 Å². The third-order valence-electron chi connectivity index (χ3n) is 2.44. The Bertz CT molecular complexity index is 287. The molecule has 4 nitrogen and oxygen atoms in total. The molecule has 0 N–H and O–H groups in total. The molecular formula is C10H17O4Sb. The van der Waals surface area contributed by atoms with E-state index < -0.39 is 19.1 Å². The minimum absolute atomic E-state index is 0.834. The summed E-state index contributed by atoms with van der Waals surface area (Å²) in [5.74, 6) is 0. The Hall–Kier alpha value is -0.122. The van der Waals surface area contributed by atoms with Gasteiger partial charge in [0.1, 0.15) is 0 Å². The number of hydrogen-bond donors (Lipinski definition) is 0. The van der Waals surface area contributed by atoms with Gasteiger partial charge in [-0.2, -0.15) is 0 Å². The average molecular weight is 323 g/mol. The van der Waals surface area contributed by atoms with E-state index in [9.17, 15) is 0 Å². The van der Waals surface area contributed by atoms with Crippen LogP contribution in [0.4, 0.5) is 0 Å². The summed E-state index contributed by atoms with van der Waals surface area (Å²) in [5.41, 5.74) is 0. The van der Waals surface area contributed by atoms with Crippen LogP contribution in [0.1, 0.15) is 0 Å². The van der Waals surface area contributed by atoms with Gasteiger partial charge in [-0.3, -0.25) is 0 Å². The Morgan fingerprint density at radius 3 is 1.47 bits per heavy atom. The van der Waals surface area contributed by atoms with E-state index in [1.807, 2.05) is 30.3 Å². The van der Waals surface area contributed by atoms with E-state index in [4.69, 9.17) is 12.1 Å². The molecule has 0 aliphatic carbocycles. The maximum atomic E-state index is 5.49. The second kappa shape index (κ2) is 4.81. The molecule has 0 unspecified atom stereocenters. The summed E-state index contributed by atoms with van der Waals surface area (Å²) in [7, 11) is 6.19. The van der Waals surface area contributed by atoms with E-state index in [2.05, 4.69) is 0 Å². The summed E-state index contributed by atoms with van der Waals surface area (Å²) in [6.45, 7) is 0.